The van der Waals surface area contributed by atoms with E-state index >= 15 is 0 Å². The topological polar surface area (TPSA) is 53.9 Å². The number of anilines is 3. The summed E-state index contributed by atoms with van der Waals surface area (Å²) in [5, 5.41) is 3.47. The van der Waals surface area contributed by atoms with Crippen molar-refractivity contribution in [1.29, 1.82) is 0 Å². The standard InChI is InChI=1S/C29H38F3N5/c1-8-22-24(16-18-37(9-2)27-23(29(30,31)32)11-10-17-33-27)35-25(19(3)4)36-26(22)34-21-14-12-20(13-15-21)28(5,6)7/h10-15,17,19H,8-9,16,18H2,1-7H3,(H,34,35,36). The van der Waals surface area contributed by atoms with Gasteiger partial charge in [-0.2, -0.15) is 13.2 Å². The minimum Gasteiger partial charge on any atom is -0.356 e. The monoisotopic (exact) mass is 513 g/mol. The van der Waals surface area contributed by atoms with Crippen LogP contribution in [0.4, 0.5) is 30.5 Å². The summed E-state index contributed by atoms with van der Waals surface area (Å²) >= 11 is 0. The number of halogens is 3. The molecule has 0 radical (unpaired) electrons. The summed E-state index contributed by atoms with van der Waals surface area (Å²) in [6.07, 6.45) is -1.89. The molecular formula is C29H38F3N5. The quantitative estimate of drug-likeness (QED) is 0.318. The zero-order chi connectivity index (χ0) is 27.4. The molecule has 3 aromatic rings. The Morgan fingerprint density at radius 1 is 0.973 bits per heavy atom. The van der Waals surface area contributed by atoms with Crippen LogP contribution < -0.4 is 10.2 Å². The number of hydrogen-bond acceptors (Lipinski definition) is 5. The van der Waals surface area contributed by atoms with Crippen molar-refractivity contribution in [2.24, 2.45) is 0 Å². The molecule has 200 valence electrons. The van der Waals surface area contributed by atoms with E-state index in [0.717, 1.165) is 28.8 Å². The second-order valence-electron chi connectivity index (χ2n) is 10.5. The molecule has 0 saturated heterocycles. The van der Waals surface area contributed by atoms with Gasteiger partial charge in [0.15, 0.2) is 0 Å². The molecule has 0 aliphatic rings. The first-order valence-corrected chi connectivity index (χ1v) is 12.9. The van der Waals surface area contributed by atoms with Crippen molar-refractivity contribution in [3.63, 3.8) is 0 Å². The molecule has 0 saturated carbocycles. The molecule has 37 heavy (non-hydrogen) atoms. The van der Waals surface area contributed by atoms with Crippen molar-refractivity contribution >= 4 is 17.3 Å². The Hall–Kier alpha value is -3.16. The maximum atomic E-state index is 13.6. The lowest BCUT2D eigenvalue weighted by Gasteiger charge is -2.26. The second kappa shape index (κ2) is 11.5. The molecule has 0 aliphatic heterocycles. The van der Waals surface area contributed by atoms with Gasteiger partial charge < -0.3 is 10.2 Å². The predicted molar refractivity (Wildman–Crippen MR) is 145 cm³/mol. The average Bonchev–Trinajstić information content (AvgIpc) is 2.83. The van der Waals surface area contributed by atoms with Crippen LogP contribution >= 0.6 is 0 Å². The van der Waals surface area contributed by atoms with Crippen molar-refractivity contribution in [1.82, 2.24) is 15.0 Å². The molecule has 8 heteroatoms. The van der Waals surface area contributed by atoms with Gasteiger partial charge in [0.05, 0.1) is 11.3 Å². The van der Waals surface area contributed by atoms with Gasteiger partial charge in [0.2, 0.25) is 0 Å². The normalized spacial score (nSPS) is 12.2. The second-order valence-corrected chi connectivity index (χ2v) is 10.5. The highest BCUT2D eigenvalue weighted by Crippen LogP contribution is 2.35. The maximum absolute atomic E-state index is 13.6. The molecule has 2 aromatic heterocycles. The van der Waals surface area contributed by atoms with Gasteiger partial charge in [-0.25, -0.2) is 15.0 Å². The molecule has 0 bridgehead atoms. The molecule has 0 atom stereocenters. The SMILES string of the molecule is CCc1c(CCN(CC)c2ncccc2C(F)(F)F)nc(C(C)C)nc1Nc1ccc(C(C)(C)C)cc1. The van der Waals surface area contributed by atoms with Crippen LogP contribution in [-0.4, -0.2) is 28.0 Å². The van der Waals surface area contributed by atoms with Crippen molar-refractivity contribution in [2.75, 3.05) is 23.3 Å². The number of likely N-dealkylation sites (N-methyl/N-ethyl adjacent to an activating group) is 1. The number of rotatable bonds is 9. The zero-order valence-electron chi connectivity index (χ0n) is 22.9. The molecule has 0 fully saturated rings. The highest BCUT2D eigenvalue weighted by atomic mass is 19.4. The lowest BCUT2D eigenvalue weighted by Crippen LogP contribution is -2.29. The van der Waals surface area contributed by atoms with Crippen LogP contribution in [0.5, 0.6) is 0 Å². The molecule has 2 heterocycles. The van der Waals surface area contributed by atoms with Gasteiger partial charge in [0.25, 0.3) is 0 Å². The number of hydrogen-bond donors (Lipinski definition) is 1. The molecule has 1 N–H and O–H groups in total. The number of alkyl halides is 3. The first-order valence-electron chi connectivity index (χ1n) is 12.9. The van der Waals surface area contributed by atoms with E-state index < -0.39 is 11.7 Å². The summed E-state index contributed by atoms with van der Waals surface area (Å²) in [4.78, 5) is 15.4. The third-order valence-electron chi connectivity index (χ3n) is 6.39. The van der Waals surface area contributed by atoms with E-state index in [9.17, 15) is 13.2 Å². The van der Waals surface area contributed by atoms with Crippen LogP contribution in [0.15, 0.2) is 42.6 Å². The smallest absolute Gasteiger partial charge is 0.356 e. The molecule has 0 unspecified atom stereocenters. The Morgan fingerprint density at radius 2 is 1.65 bits per heavy atom. The maximum Gasteiger partial charge on any atom is 0.419 e. The van der Waals surface area contributed by atoms with E-state index in [2.05, 4.69) is 55.3 Å². The summed E-state index contributed by atoms with van der Waals surface area (Å²) in [5.74, 6) is 1.50. The fraction of sp³-hybridized carbons (Fsp3) is 0.483. The van der Waals surface area contributed by atoms with E-state index in [1.165, 1.54) is 17.8 Å². The van der Waals surface area contributed by atoms with Gasteiger partial charge in [-0.05, 0) is 48.6 Å². The first kappa shape index (κ1) is 28.4. The number of benzene rings is 1. The fourth-order valence-electron chi connectivity index (χ4n) is 4.20. The van der Waals surface area contributed by atoms with Crippen molar-refractivity contribution in [2.45, 2.75) is 78.8 Å². The average molecular weight is 514 g/mol. The Balaban J connectivity index is 1.93. The highest BCUT2D eigenvalue weighted by molar-refractivity contribution is 5.61. The van der Waals surface area contributed by atoms with Gasteiger partial charge in [-0.1, -0.05) is 53.7 Å². The molecular weight excluding hydrogens is 475 g/mol. The third-order valence-corrected chi connectivity index (χ3v) is 6.39. The number of nitrogens with one attached hydrogen (secondary N) is 1. The van der Waals surface area contributed by atoms with Crippen LogP contribution in [0.3, 0.4) is 0 Å². The lowest BCUT2D eigenvalue weighted by atomic mass is 9.87. The van der Waals surface area contributed by atoms with Gasteiger partial charge in [0.1, 0.15) is 17.5 Å². The Kier molecular flexibility index (Phi) is 8.82. The molecule has 0 aliphatic carbocycles. The van der Waals surface area contributed by atoms with Gasteiger partial charge in [0, 0.05) is 42.9 Å². The molecule has 1 aromatic carbocycles. The lowest BCUT2D eigenvalue weighted by molar-refractivity contribution is -0.137. The van der Waals surface area contributed by atoms with E-state index in [4.69, 9.17) is 9.97 Å². The minimum atomic E-state index is -4.47. The minimum absolute atomic E-state index is 0.0500. The Morgan fingerprint density at radius 3 is 2.19 bits per heavy atom. The first-order chi connectivity index (χ1) is 17.3. The van der Waals surface area contributed by atoms with Crippen molar-refractivity contribution < 1.29 is 13.2 Å². The number of nitrogens with zero attached hydrogens (tertiary/aromatic N) is 4. The van der Waals surface area contributed by atoms with Gasteiger partial charge in [-0.3, -0.25) is 0 Å². The highest BCUT2D eigenvalue weighted by Gasteiger charge is 2.35. The molecule has 0 spiro atoms. The Labute approximate surface area is 218 Å². The molecule has 5 nitrogen and oxygen atoms in total. The summed E-state index contributed by atoms with van der Waals surface area (Å²) in [6, 6.07) is 10.7. The fourth-order valence-corrected chi connectivity index (χ4v) is 4.20. The summed E-state index contributed by atoms with van der Waals surface area (Å²) < 4.78 is 40.9. The van der Waals surface area contributed by atoms with Gasteiger partial charge >= 0.3 is 6.18 Å². The predicted octanol–water partition coefficient (Wildman–Crippen LogP) is 7.69. The van der Waals surface area contributed by atoms with E-state index in [1.54, 1.807) is 4.90 Å². The van der Waals surface area contributed by atoms with Crippen LogP contribution in [-0.2, 0) is 24.4 Å². The van der Waals surface area contributed by atoms with E-state index in [1.807, 2.05) is 27.7 Å². The molecule has 3 rings (SSSR count). The van der Waals surface area contributed by atoms with Crippen molar-refractivity contribution in [3.8, 4) is 0 Å². The third kappa shape index (κ3) is 6.99. The summed E-state index contributed by atoms with van der Waals surface area (Å²) in [7, 11) is 0. The summed E-state index contributed by atoms with van der Waals surface area (Å²) in [6.45, 7) is 15.2. The Bertz CT molecular complexity index is 1180. The number of pyridine rings is 1. The number of aromatic nitrogens is 3. The van der Waals surface area contributed by atoms with E-state index in [-0.39, 0.29) is 17.2 Å². The summed E-state index contributed by atoms with van der Waals surface area (Å²) in [5.41, 5.74) is 3.33. The van der Waals surface area contributed by atoms with Crippen LogP contribution in [0.25, 0.3) is 0 Å². The van der Waals surface area contributed by atoms with Crippen LogP contribution in [0.2, 0.25) is 0 Å². The van der Waals surface area contributed by atoms with E-state index in [0.29, 0.717) is 31.8 Å². The van der Waals surface area contributed by atoms with Crippen LogP contribution in [0, 0.1) is 0 Å². The van der Waals surface area contributed by atoms with Crippen LogP contribution in [0.1, 0.15) is 82.6 Å². The largest absolute Gasteiger partial charge is 0.419 e. The molecule has 0 amide bonds. The van der Waals surface area contributed by atoms with Gasteiger partial charge in [-0.15, -0.1) is 0 Å². The van der Waals surface area contributed by atoms with Crippen molar-refractivity contribution in [3.05, 3.63) is 70.8 Å². The zero-order valence-corrected chi connectivity index (χ0v) is 22.9.